The van der Waals surface area contributed by atoms with Crippen LogP contribution in [0.1, 0.15) is 34.1 Å². The SMILES string of the molecule is CC[C@H]1O[C@H](C)[C@](C)(F)[C@@H]1C. The van der Waals surface area contributed by atoms with Gasteiger partial charge in [-0.2, -0.15) is 0 Å². The number of alkyl halides is 1. The standard InChI is InChI=1S/C9H17FO/c1-5-8-6(2)9(4,10)7(3)11-8/h6-8H,5H2,1-4H3/t6-,7-,8-,9-/m1/s1. The number of ether oxygens (including phenoxy) is 1. The van der Waals surface area contributed by atoms with E-state index in [1.165, 1.54) is 0 Å². The molecule has 1 heterocycles. The first-order chi connectivity index (χ1) is 5.00. The van der Waals surface area contributed by atoms with Crippen LogP contribution in [0.2, 0.25) is 0 Å². The highest BCUT2D eigenvalue weighted by molar-refractivity contribution is 4.96. The Morgan fingerprint density at radius 3 is 2.18 bits per heavy atom. The number of hydrogen-bond acceptors (Lipinski definition) is 1. The molecule has 0 aromatic carbocycles. The topological polar surface area (TPSA) is 9.23 Å². The Balaban J connectivity index is 2.71. The predicted octanol–water partition coefficient (Wildman–Crippen LogP) is 2.55. The molecule has 0 aliphatic carbocycles. The van der Waals surface area contributed by atoms with Gasteiger partial charge in [0.1, 0.15) is 5.67 Å². The molecule has 1 rings (SSSR count). The number of halogens is 1. The van der Waals surface area contributed by atoms with Crippen LogP contribution in [0.4, 0.5) is 4.39 Å². The maximum Gasteiger partial charge on any atom is 0.139 e. The van der Waals surface area contributed by atoms with Gasteiger partial charge in [0.25, 0.3) is 0 Å². The van der Waals surface area contributed by atoms with E-state index in [9.17, 15) is 4.39 Å². The van der Waals surface area contributed by atoms with Crippen LogP contribution >= 0.6 is 0 Å². The van der Waals surface area contributed by atoms with Crippen molar-refractivity contribution in [1.29, 1.82) is 0 Å². The Morgan fingerprint density at radius 1 is 1.45 bits per heavy atom. The molecular formula is C9H17FO. The van der Waals surface area contributed by atoms with Crippen molar-refractivity contribution in [2.24, 2.45) is 5.92 Å². The molecule has 0 bridgehead atoms. The van der Waals surface area contributed by atoms with Crippen LogP contribution in [0.5, 0.6) is 0 Å². The van der Waals surface area contributed by atoms with Gasteiger partial charge >= 0.3 is 0 Å². The highest BCUT2D eigenvalue weighted by Crippen LogP contribution is 2.39. The Bertz CT molecular complexity index is 144. The van der Waals surface area contributed by atoms with Crippen molar-refractivity contribution >= 4 is 0 Å². The molecule has 1 aliphatic rings. The third-order valence-electron chi connectivity index (χ3n) is 3.02. The molecule has 4 atom stereocenters. The third-order valence-corrected chi connectivity index (χ3v) is 3.02. The van der Waals surface area contributed by atoms with Gasteiger partial charge in [-0.3, -0.25) is 0 Å². The van der Waals surface area contributed by atoms with Crippen molar-refractivity contribution in [2.45, 2.75) is 52.0 Å². The minimum Gasteiger partial charge on any atom is -0.372 e. The summed E-state index contributed by atoms with van der Waals surface area (Å²) in [6.45, 7) is 7.41. The molecule has 0 N–H and O–H groups in total. The highest BCUT2D eigenvalue weighted by atomic mass is 19.1. The molecule has 0 aromatic heterocycles. The molecule has 1 nitrogen and oxygen atoms in total. The van der Waals surface area contributed by atoms with Crippen molar-refractivity contribution in [1.82, 2.24) is 0 Å². The van der Waals surface area contributed by atoms with Gasteiger partial charge in [-0.1, -0.05) is 13.8 Å². The largest absolute Gasteiger partial charge is 0.372 e. The second-order valence-corrected chi connectivity index (χ2v) is 3.66. The fourth-order valence-corrected chi connectivity index (χ4v) is 1.70. The van der Waals surface area contributed by atoms with Crippen molar-refractivity contribution in [3.8, 4) is 0 Å². The van der Waals surface area contributed by atoms with Gasteiger partial charge in [-0.05, 0) is 20.3 Å². The van der Waals surface area contributed by atoms with Crippen molar-refractivity contribution < 1.29 is 9.13 Å². The van der Waals surface area contributed by atoms with E-state index in [1.807, 2.05) is 20.8 Å². The van der Waals surface area contributed by atoms with Crippen LogP contribution < -0.4 is 0 Å². The first-order valence-corrected chi connectivity index (χ1v) is 4.34. The van der Waals surface area contributed by atoms with Gasteiger partial charge in [0.05, 0.1) is 12.2 Å². The summed E-state index contributed by atoms with van der Waals surface area (Å²) in [6.07, 6.45) is 0.771. The van der Waals surface area contributed by atoms with E-state index < -0.39 is 5.67 Å². The van der Waals surface area contributed by atoms with Gasteiger partial charge in [-0.15, -0.1) is 0 Å². The predicted molar refractivity (Wildman–Crippen MR) is 43.3 cm³/mol. The van der Waals surface area contributed by atoms with Gasteiger partial charge < -0.3 is 4.74 Å². The highest BCUT2D eigenvalue weighted by Gasteiger charge is 2.48. The third kappa shape index (κ3) is 1.28. The second-order valence-electron chi connectivity index (χ2n) is 3.66. The fourth-order valence-electron chi connectivity index (χ4n) is 1.70. The van der Waals surface area contributed by atoms with Gasteiger partial charge in [0.2, 0.25) is 0 Å². The summed E-state index contributed by atoms with van der Waals surface area (Å²) in [4.78, 5) is 0. The molecule has 0 saturated carbocycles. The minimum atomic E-state index is -1.14. The molecular weight excluding hydrogens is 143 g/mol. The summed E-state index contributed by atoms with van der Waals surface area (Å²) in [7, 11) is 0. The zero-order chi connectivity index (χ0) is 8.65. The first-order valence-electron chi connectivity index (χ1n) is 4.34. The van der Waals surface area contributed by atoms with E-state index in [1.54, 1.807) is 6.92 Å². The maximum absolute atomic E-state index is 13.7. The van der Waals surface area contributed by atoms with Gasteiger partial charge in [-0.25, -0.2) is 4.39 Å². The van der Waals surface area contributed by atoms with Crippen molar-refractivity contribution in [3.05, 3.63) is 0 Å². The summed E-state index contributed by atoms with van der Waals surface area (Å²) in [6, 6.07) is 0. The summed E-state index contributed by atoms with van der Waals surface area (Å²) < 4.78 is 19.2. The summed E-state index contributed by atoms with van der Waals surface area (Å²) in [5.74, 6) is 0.0301. The van der Waals surface area contributed by atoms with E-state index in [0.717, 1.165) is 6.42 Å². The molecule has 11 heavy (non-hydrogen) atoms. The molecule has 0 radical (unpaired) electrons. The van der Waals surface area contributed by atoms with Crippen LogP contribution in [0.3, 0.4) is 0 Å². The fraction of sp³-hybridized carbons (Fsp3) is 1.00. The molecule has 66 valence electrons. The smallest absolute Gasteiger partial charge is 0.139 e. The minimum absolute atomic E-state index is 0.0301. The maximum atomic E-state index is 13.7. The lowest BCUT2D eigenvalue weighted by molar-refractivity contribution is 0.0147. The quantitative estimate of drug-likeness (QED) is 0.572. The van der Waals surface area contributed by atoms with Gasteiger partial charge in [0, 0.05) is 5.92 Å². The molecule has 0 amide bonds. The summed E-state index contributed by atoms with van der Waals surface area (Å²) in [5, 5.41) is 0. The van der Waals surface area contributed by atoms with Crippen LogP contribution in [0, 0.1) is 5.92 Å². The average Bonchev–Trinajstić information content (AvgIpc) is 2.14. The molecule has 0 unspecified atom stereocenters. The zero-order valence-electron chi connectivity index (χ0n) is 7.73. The van der Waals surface area contributed by atoms with E-state index in [2.05, 4.69) is 0 Å². The zero-order valence-corrected chi connectivity index (χ0v) is 7.73. The van der Waals surface area contributed by atoms with Gasteiger partial charge in [0.15, 0.2) is 0 Å². The monoisotopic (exact) mass is 160 g/mol. The Kier molecular flexibility index (Phi) is 2.24. The molecule has 0 aromatic rings. The normalized spacial score (nSPS) is 51.5. The lowest BCUT2D eigenvalue weighted by Crippen LogP contribution is -2.33. The molecule has 0 spiro atoms. The molecule has 2 heteroatoms. The first kappa shape index (κ1) is 8.98. The van der Waals surface area contributed by atoms with E-state index in [-0.39, 0.29) is 18.1 Å². The van der Waals surface area contributed by atoms with E-state index in [4.69, 9.17) is 4.74 Å². The van der Waals surface area contributed by atoms with Crippen molar-refractivity contribution in [3.63, 3.8) is 0 Å². The van der Waals surface area contributed by atoms with Crippen molar-refractivity contribution in [2.75, 3.05) is 0 Å². The Labute approximate surface area is 67.9 Å². The summed E-state index contributed by atoms with van der Waals surface area (Å²) in [5.41, 5.74) is -1.14. The average molecular weight is 160 g/mol. The van der Waals surface area contributed by atoms with Crippen LogP contribution in [-0.4, -0.2) is 17.9 Å². The van der Waals surface area contributed by atoms with Crippen LogP contribution in [-0.2, 0) is 4.74 Å². The Hall–Kier alpha value is -0.110. The van der Waals surface area contributed by atoms with Crippen LogP contribution in [0.15, 0.2) is 0 Å². The molecule has 1 saturated heterocycles. The Morgan fingerprint density at radius 2 is 2.00 bits per heavy atom. The number of rotatable bonds is 1. The lowest BCUT2D eigenvalue weighted by atomic mass is 9.87. The van der Waals surface area contributed by atoms with E-state index >= 15 is 0 Å². The molecule has 1 aliphatic heterocycles. The lowest BCUT2D eigenvalue weighted by Gasteiger charge is -2.21. The van der Waals surface area contributed by atoms with Crippen LogP contribution in [0.25, 0.3) is 0 Å². The molecule has 1 fully saturated rings. The van der Waals surface area contributed by atoms with E-state index in [0.29, 0.717) is 0 Å². The number of hydrogen-bond donors (Lipinski definition) is 0. The summed E-state index contributed by atoms with van der Waals surface area (Å²) >= 11 is 0. The second kappa shape index (κ2) is 2.74.